The minimum absolute atomic E-state index is 0.139. The van der Waals surface area contributed by atoms with Gasteiger partial charge in [0.25, 0.3) is 5.91 Å². The molecule has 0 radical (unpaired) electrons. The number of benzene rings is 2. The molecule has 6 nitrogen and oxygen atoms in total. The number of amides is 1. The highest BCUT2D eigenvalue weighted by Crippen LogP contribution is 2.39. The van der Waals surface area contributed by atoms with Crippen molar-refractivity contribution in [2.45, 2.75) is 25.4 Å². The molecule has 1 N–H and O–H groups in total. The van der Waals surface area contributed by atoms with Crippen LogP contribution in [0, 0.1) is 0 Å². The van der Waals surface area contributed by atoms with Crippen molar-refractivity contribution in [1.82, 2.24) is 9.88 Å². The van der Waals surface area contributed by atoms with Crippen LogP contribution >= 0.6 is 0 Å². The van der Waals surface area contributed by atoms with Crippen LogP contribution in [-0.2, 0) is 22.6 Å². The van der Waals surface area contributed by atoms with Crippen LogP contribution in [0.3, 0.4) is 0 Å². The molecule has 0 spiro atoms. The number of hydrogen-bond donors (Lipinski definition) is 1. The van der Waals surface area contributed by atoms with Crippen LogP contribution in [0.5, 0.6) is 5.75 Å². The Morgan fingerprint density at radius 1 is 1.03 bits per heavy atom. The van der Waals surface area contributed by atoms with E-state index in [9.17, 15) is 14.7 Å². The highest BCUT2D eigenvalue weighted by atomic mass is 16.5. The van der Waals surface area contributed by atoms with E-state index in [1.54, 1.807) is 31.6 Å². The minimum Gasteiger partial charge on any atom is -0.503 e. The van der Waals surface area contributed by atoms with E-state index in [0.717, 1.165) is 16.7 Å². The summed E-state index contributed by atoms with van der Waals surface area (Å²) >= 11 is 0. The molecule has 32 heavy (non-hydrogen) atoms. The highest BCUT2D eigenvalue weighted by Gasteiger charge is 2.43. The summed E-state index contributed by atoms with van der Waals surface area (Å²) in [5, 5.41) is 10.7. The Labute approximate surface area is 186 Å². The van der Waals surface area contributed by atoms with E-state index in [4.69, 9.17) is 4.74 Å². The number of rotatable bonds is 8. The van der Waals surface area contributed by atoms with Gasteiger partial charge in [-0.15, -0.1) is 0 Å². The molecule has 4 rings (SSSR count). The van der Waals surface area contributed by atoms with Crippen molar-refractivity contribution in [3.8, 4) is 5.75 Å². The van der Waals surface area contributed by atoms with E-state index < -0.39 is 17.7 Å². The smallest absolute Gasteiger partial charge is 0.290 e. The Morgan fingerprint density at radius 3 is 2.47 bits per heavy atom. The topological polar surface area (TPSA) is 79.7 Å². The normalized spacial score (nSPS) is 15.8. The van der Waals surface area contributed by atoms with Gasteiger partial charge in [-0.25, -0.2) is 0 Å². The van der Waals surface area contributed by atoms with Crippen molar-refractivity contribution in [2.24, 2.45) is 0 Å². The van der Waals surface area contributed by atoms with Crippen molar-refractivity contribution < 1.29 is 19.4 Å². The number of methoxy groups -OCH3 is 1. The summed E-state index contributed by atoms with van der Waals surface area (Å²) in [7, 11) is 1.58. The number of carbonyl (C=O) groups is 2. The van der Waals surface area contributed by atoms with Gasteiger partial charge in [0.2, 0.25) is 0 Å². The van der Waals surface area contributed by atoms with E-state index in [-0.39, 0.29) is 24.3 Å². The van der Waals surface area contributed by atoms with E-state index >= 15 is 0 Å². The molecule has 1 amide bonds. The molecular weight excluding hydrogens is 404 g/mol. The third-order valence-electron chi connectivity index (χ3n) is 5.60. The van der Waals surface area contributed by atoms with Gasteiger partial charge in [0.1, 0.15) is 5.75 Å². The molecule has 2 heterocycles. The van der Waals surface area contributed by atoms with Gasteiger partial charge in [0.05, 0.1) is 18.7 Å². The zero-order valence-electron chi connectivity index (χ0n) is 17.8. The Hall–Kier alpha value is -3.93. The largest absolute Gasteiger partial charge is 0.503 e. The number of nitrogens with zero attached hydrogens (tertiary/aromatic N) is 2. The quantitative estimate of drug-likeness (QED) is 0.582. The maximum absolute atomic E-state index is 13.2. The lowest BCUT2D eigenvalue weighted by Crippen LogP contribution is -2.30. The minimum atomic E-state index is -0.681. The van der Waals surface area contributed by atoms with E-state index in [1.165, 1.54) is 4.90 Å². The molecule has 1 unspecified atom stereocenters. The van der Waals surface area contributed by atoms with E-state index in [0.29, 0.717) is 12.2 Å². The molecule has 1 aliphatic heterocycles. The number of aliphatic hydroxyl groups is 1. The van der Waals surface area contributed by atoms with Crippen LogP contribution in [0.4, 0.5) is 0 Å². The number of aryl methyl sites for hydroxylation is 1. The molecule has 1 aromatic heterocycles. The second kappa shape index (κ2) is 9.47. The Morgan fingerprint density at radius 2 is 1.75 bits per heavy atom. The molecule has 1 aliphatic rings. The zero-order chi connectivity index (χ0) is 22.5. The molecular formula is C26H24N2O4. The Balaban J connectivity index is 1.64. The molecule has 1 atom stereocenters. The van der Waals surface area contributed by atoms with Gasteiger partial charge in [-0.05, 0) is 47.4 Å². The van der Waals surface area contributed by atoms with Gasteiger partial charge in [-0.3, -0.25) is 14.6 Å². The van der Waals surface area contributed by atoms with Crippen LogP contribution in [0.2, 0.25) is 0 Å². The van der Waals surface area contributed by atoms with Gasteiger partial charge in [0, 0.05) is 25.4 Å². The lowest BCUT2D eigenvalue weighted by molar-refractivity contribution is -0.130. The predicted octanol–water partition coefficient (Wildman–Crippen LogP) is 4.19. The first-order chi connectivity index (χ1) is 15.6. The number of aliphatic hydroxyl groups excluding tert-OH is 1. The molecule has 3 aromatic rings. The fourth-order valence-electron chi connectivity index (χ4n) is 4.00. The fraction of sp³-hybridized carbons (Fsp3) is 0.192. The second-order valence-corrected chi connectivity index (χ2v) is 7.64. The van der Waals surface area contributed by atoms with Crippen molar-refractivity contribution in [3.05, 3.63) is 107 Å². The lowest BCUT2D eigenvalue weighted by Gasteiger charge is -2.27. The van der Waals surface area contributed by atoms with Crippen LogP contribution in [0.25, 0.3) is 0 Å². The maximum atomic E-state index is 13.2. The van der Waals surface area contributed by atoms with Crippen LogP contribution < -0.4 is 4.74 Å². The first kappa shape index (κ1) is 21.3. The summed E-state index contributed by atoms with van der Waals surface area (Å²) < 4.78 is 5.29. The van der Waals surface area contributed by atoms with Gasteiger partial charge in [-0.2, -0.15) is 0 Å². The first-order valence-electron chi connectivity index (χ1n) is 10.4. The van der Waals surface area contributed by atoms with E-state index in [2.05, 4.69) is 4.98 Å². The van der Waals surface area contributed by atoms with E-state index in [1.807, 2.05) is 54.6 Å². The first-order valence-corrected chi connectivity index (χ1v) is 10.4. The summed E-state index contributed by atoms with van der Waals surface area (Å²) in [6.45, 7) is 0.225. The average molecular weight is 428 g/mol. The zero-order valence-corrected chi connectivity index (χ0v) is 17.8. The number of pyridine rings is 1. The molecule has 162 valence electrons. The molecule has 0 fully saturated rings. The molecule has 6 heteroatoms. The van der Waals surface area contributed by atoms with Gasteiger partial charge in [-0.1, -0.05) is 42.5 Å². The van der Waals surface area contributed by atoms with Gasteiger partial charge < -0.3 is 14.7 Å². The van der Waals surface area contributed by atoms with Gasteiger partial charge in [0.15, 0.2) is 11.5 Å². The third-order valence-corrected chi connectivity index (χ3v) is 5.60. The standard InChI is InChI=1S/C26H24N2O4/c1-32-21-9-5-8-19(16-21)17-28-24(20-12-14-27-15-13-20)23(25(30)26(28)31)22(29)11-10-18-6-3-2-4-7-18/h2-9,12-16,24,30H,10-11,17H2,1H3. The molecule has 0 aliphatic carbocycles. The second-order valence-electron chi connectivity index (χ2n) is 7.64. The number of hydrogen-bond acceptors (Lipinski definition) is 5. The van der Waals surface area contributed by atoms with Crippen molar-refractivity contribution >= 4 is 11.7 Å². The maximum Gasteiger partial charge on any atom is 0.290 e. The summed E-state index contributed by atoms with van der Waals surface area (Å²) in [6.07, 6.45) is 3.96. The molecule has 0 bridgehead atoms. The Bertz CT molecular complexity index is 1140. The number of ether oxygens (including phenoxy) is 1. The molecule has 2 aromatic carbocycles. The summed E-state index contributed by atoms with van der Waals surface area (Å²) in [6, 6.07) is 19.9. The number of Topliss-reactive ketones (excluding diaryl/α,β-unsaturated/α-hetero) is 1. The van der Waals surface area contributed by atoms with Crippen LogP contribution in [0.15, 0.2) is 90.5 Å². The van der Waals surface area contributed by atoms with Crippen molar-refractivity contribution in [3.63, 3.8) is 0 Å². The highest BCUT2D eigenvalue weighted by molar-refractivity contribution is 6.09. The van der Waals surface area contributed by atoms with Crippen LogP contribution in [-0.4, -0.2) is 33.8 Å². The van der Waals surface area contributed by atoms with Gasteiger partial charge >= 0.3 is 0 Å². The molecule has 0 saturated heterocycles. The third kappa shape index (κ3) is 4.39. The number of ketones is 1. The average Bonchev–Trinajstić information content (AvgIpc) is 3.09. The number of aromatic nitrogens is 1. The SMILES string of the molecule is COc1cccc(CN2C(=O)C(O)=C(C(=O)CCc3ccccc3)C2c2ccncc2)c1. The fourth-order valence-corrected chi connectivity index (χ4v) is 4.00. The molecule has 0 saturated carbocycles. The van der Waals surface area contributed by atoms with Crippen LogP contribution in [0.1, 0.15) is 29.2 Å². The summed E-state index contributed by atoms with van der Waals surface area (Å²) in [4.78, 5) is 31.9. The summed E-state index contributed by atoms with van der Waals surface area (Å²) in [5.41, 5.74) is 2.73. The lowest BCUT2D eigenvalue weighted by atomic mass is 9.93. The number of carbonyl (C=O) groups excluding carboxylic acids is 2. The van der Waals surface area contributed by atoms with Crippen molar-refractivity contribution in [1.29, 1.82) is 0 Å². The van der Waals surface area contributed by atoms with Crippen molar-refractivity contribution in [2.75, 3.05) is 7.11 Å². The summed E-state index contributed by atoms with van der Waals surface area (Å²) in [5.74, 6) is -0.605. The monoisotopic (exact) mass is 428 g/mol. The Kier molecular flexibility index (Phi) is 6.31. The predicted molar refractivity (Wildman–Crippen MR) is 120 cm³/mol.